The molecule has 0 bridgehead atoms. The van der Waals surface area contributed by atoms with Crippen LogP contribution in [0.2, 0.25) is 0 Å². The van der Waals surface area contributed by atoms with Gasteiger partial charge in [0.1, 0.15) is 11.5 Å². The van der Waals surface area contributed by atoms with Crippen molar-refractivity contribution in [3.05, 3.63) is 58.7 Å². The molecule has 0 fully saturated rings. The fourth-order valence-corrected chi connectivity index (χ4v) is 2.89. The molecule has 124 valence electrons. The van der Waals surface area contributed by atoms with E-state index in [9.17, 15) is 10.2 Å². The molecule has 0 aliphatic carbocycles. The predicted octanol–water partition coefficient (Wildman–Crippen LogP) is 5.72. The van der Waals surface area contributed by atoms with Gasteiger partial charge in [-0.1, -0.05) is 52.0 Å². The summed E-state index contributed by atoms with van der Waals surface area (Å²) >= 11 is 0. The van der Waals surface area contributed by atoms with E-state index < -0.39 is 0 Å². The maximum absolute atomic E-state index is 10.1. The molecule has 0 spiro atoms. The van der Waals surface area contributed by atoms with Crippen molar-refractivity contribution < 1.29 is 10.2 Å². The van der Waals surface area contributed by atoms with Crippen LogP contribution in [-0.2, 0) is 6.42 Å². The monoisotopic (exact) mass is 312 g/mol. The molecular formula is C21H28O2. The average molecular weight is 312 g/mol. The molecule has 0 radical (unpaired) electrons. The average Bonchev–Trinajstić information content (AvgIpc) is 2.56. The lowest BCUT2D eigenvalue weighted by molar-refractivity contribution is 0.461. The van der Waals surface area contributed by atoms with Gasteiger partial charge in [0, 0.05) is 0 Å². The van der Waals surface area contributed by atoms with Gasteiger partial charge >= 0.3 is 0 Å². The highest BCUT2D eigenvalue weighted by atomic mass is 16.3. The summed E-state index contributed by atoms with van der Waals surface area (Å²) in [5.41, 5.74) is 4.43. The number of aromatic hydroxyl groups is 2. The molecule has 0 amide bonds. The van der Waals surface area contributed by atoms with E-state index in [-0.39, 0.29) is 0 Å². The van der Waals surface area contributed by atoms with E-state index in [1.807, 2.05) is 12.1 Å². The van der Waals surface area contributed by atoms with Crippen LogP contribution in [0.1, 0.15) is 74.6 Å². The first-order valence-electron chi connectivity index (χ1n) is 8.59. The normalized spacial score (nSPS) is 13.7. The fourth-order valence-electron chi connectivity index (χ4n) is 2.89. The Balaban J connectivity index is 2.29. The summed E-state index contributed by atoms with van der Waals surface area (Å²) in [5, 5.41) is 20.1. The maximum atomic E-state index is 10.1. The van der Waals surface area contributed by atoms with E-state index in [2.05, 4.69) is 39.8 Å². The molecule has 2 aromatic carbocycles. The lowest BCUT2D eigenvalue weighted by Crippen LogP contribution is -1.97. The number of hydrogen-bond donors (Lipinski definition) is 2. The van der Waals surface area contributed by atoms with Gasteiger partial charge in [-0.15, -0.1) is 0 Å². The van der Waals surface area contributed by atoms with Gasteiger partial charge in [0.25, 0.3) is 0 Å². The van der Waals surface area contributed by atoms with E-state index in [0.717, 1.165) is 30.4 Å². The van der Waals surface area contributed by atoms with Crippen molar-refractivity contribution in [3.63, 3.8) is 0 Å². The minimum absolute atomic E-state index is 0.352. The van der Waals surface area contributed by atoms with E-state index in [4.69, 9.17) is 0 Å². The maximum Gasteiger partial charge on any atom is 0.119 e. The zero-order valence-electron chi connectivity index (χ0n) is 14.6. The lowest BCUT2D eigenvalue weighted by atomic mass is 9.91. The third-order valence-corrected chi connectivity index (χ3v) is 4.88. The van der Waals surface area contributed by atoms with Crippen molar-refractivity contribution in [2.24, 2.45) is 0 Å². The van der Waals surface area contributed by atoms with Crippen LogP contribution in [0.4, 0.5) is 0 Å². The first-order chi connectivity index (χ1) is 11.0. The Labute approximate surface area is 139 Å². The summed E-state index contributed by atoms with van der Waals surface area (Å²) in [4.78, 5) is 0. The molecule has 2 rings (SSSR count). The molecule has 2 unspecified atom stereocenters. The molecule has 0 heterocycles. The van der Waals surface area contributed by atoms with Crippen molar-refractivity contribution in [2.45, 2.75) is 58.8 Å². The van der Waals surface area contributed by atoms with Gasteiger partial charge in [-0.05, 0) is 65.5 Å². The zero-order chi connectivity index (χ0) is 17.0. The Hall–Kier alpha value is -1.96. The summed E-state index contributed by atoms with van der Waals surface area (Å²) in [7, 11) is 0. The summed E-state index contributed by atoms with van der Waals surface area (Å²) in [6.45, 7) is 8.55. The smallest absolute Gasteiger partial charge is 0.119 e. The second-order valence-corrected chi connectivity index (χ2v) is 6.58. The quantitative estimate of drug-likeness (QED) is 0.716. The van der Waals surface area contributed by atoms with Gasteiger partial charge in [0.15, 0.2) is 0 Å². The SMILES string of the molecule is CCC(C)c1cc(Cc2ccc(O)c(C(C)CC)c2)ccc1O. The molecule has 0 aliphatic rings. The molecule has 0 saturated carbocycles. The number of rotatable bonds is 6. The molecule has 0 aromatic heterocycles. The minimum Gasteiger partial charge on any atom is -0.508 e. The van der Waals surface area contributed by atoms with Gasteiger partial charge in [-0.3, -0.25) is 0 Å². The van der Waals surface area contributed by atoms with E-state index in [0.29, 0.717) is 23.3 Å². The van der Waals surface area contributed by atoms with Crippen LogP contribution in [0.15, 0.2) is 36.4 Å². The van der Waals surface area contributed by atoms with Gasteiger partial charge < -0.3 is 10.2 Å². The Morgan fingerprint density at radius 2 is 1.13 bits per heavy atom. The standard InChI is InChI=1S/C21H28O2/c1-5-14(3)18-12-16(7-9-20(18)22)11-17-8-10-21(23)19(13-17)15(4)6-2/h7-10,12-15,22-23H,5-6,11H2,1-4H3. The molecule has 2 N–H and O–H groups in total. The van der Waals surface area contributed by atoms with Crippen LogP contribution in [0.25, 0.3) is 0 Å². The number of phenols is 2. The summed E-state index contributed by atoms with van der Waals surface area (Å²) < 4.78 is 0. The Morgan fingerprint density at radius 1 is 0.739 bits per heavy atom. The van der Waals surface area contributed by atoms with Crippen LogP contribution >= 0.6 is 0 Å². The van der Waals surface area contributed by atoms with E-state index >= 15 is 0 Å². The van der Waals surface area contributed by atoms with Crippen molar-refractivity contribution in [3.8, 4) is 11.5 Å². The second-order valence-electron chi connectivity index (χ2n) is 6.58. The van der Waals surface area contributed by atoms with Crippen LogP contribution in [0, 0.1) is 0 Å². The minimum atomic E-state index is 0.352. The molecule has 0 aliphatic heterocycles. The third-order valence-electron chi connectivity index (χ3n) is 4.88. The highest BCUT2D eigenvalue weighted by molar-refractivity contribution is 5.43. The van der Waals surface area contributed by atoms with Gasteiger partial charge in [-0.25, -0.2) is 0 Å². The van der Waals surface area contributed by atoms with Crippen LogP contribution < -0.4 is 0 Å². The van der Waals surface area contributed by atoms with Crippen molar-refractivity contribution in [1.82, 2.24) is 0 Å². The molecular weight excluding hydrogens is 284 g/mol. The molecule has 2 heteroatoms. The molecule has 2 nitrogen and oxygen atoms in total. The fraction of sp³-hybridized carbons (Fsp3) is 0.429. The topological polar surface area (TPSA) is 40.5 Å². The molecule has 0 saturated heterocycles. The Bertz CT molecular complexity index is 603. The van der Waals surface area contributed by atoms with Crippen LogP contribution in [-0.4, -0.2) is 10.2 Å². The van der Waals surface area contributed by atoms with Gasteiger partial charge in [0.05, 0.1) is 0 Å². The Kier molecular flexibility index (Phi) is 5.70. The highest BCUT2D eigenvalue weighted by Crippen LogP contribution is 2.31. The molecule has 2 atom stereocenters. The van der Waals surface area contributed by atoms with Gasteiger partial charge in [-0.2, -0.15) is 0 Å². The predicted molar refractivity (Wildman–Crippen MR) is 96.4 cm³/mol. The lowest BCUT2D eigenvalue weighted by Gasteiger charge is -2.15. The molecule has 23 heavy (non-hydrogen) atoms. The first kappa shape index (κ1) is 17.4. The highest BCUT2D eigenvalue weighted by Gasteiger charge is 2.12. The summed E-state index contributed by atoms with van der Waals surface area (Å²) in [5.74, 6) is 1.47. The number of phenolic OH excluding ortho intramolecular Hbond substituents is 2. The Morgan fingerprint density at radius 3 is 1.48 bits per heavy atom. The van der Waals surface area contributed by atoms with Crippen molar-refractivity contribution in [2.75, 3.05) is 0 Å². The van der Waals surface area contributed by atoms with Gasteiger partial charge in [0.2, 0.25) is 0 Å². The summed E-state index contributed by atoms with van der Waals surface area (Å²) in [6.07, 6.45) is 2.83. The third kappa shape index (κ3) is 4.07. The number of benzene rings is 2. The number of hydrogen-bond acceptors (Lipinski definition) is 2. The molecule has 2 aromatic rings. The summed E-state index contributed by atoms with van der Waals surface area (Å²) in [6, 6.07) is 11.8. The largest absolute Gasteiger partial charge is 0.508 e. The van der Waals surface area contributed by atoms with Crippen molar-refractivity contribution in [1.29, 1.82) is 0 Å². The van der Waals surface area contributed by atoms with Crippen molar-refractivity contribution >= 4 is 0 Å². The van der Waals surface area contributed by atoms with Crippen LogP contribution in [0.5, 0.6) is 11.5 Å². The zero-order valence-corrected chi connectivity index (χ0v) is 14.6. The van der Waals surface area contributed by atoms with E-state index in [1.54, 1.807) is 12.1 Å². The second kappa shape index (κ2) is 7.54. The van der Waals surface area contributed by atoms with Crippen LogP contribution in [0.3, 0.4) is 0 Å². The first-order valence-corrected chi connectivity index (χ1v) is 8.59. The van der Waals surface area contributed by atoms with E-state index in [1.165, 1.54) is 11.1 Å².